The van der Waals surface area contributed by atoms with Crippen molar-refractivity contribution in [1.29, 1.82) is 0 Å². The Morgan fingerprint density at radius 3 is 2.60 bits per heavy atom. The maximum Gasteiger partial charge on any atom is 0.238 e. The third-order valence-corrected chi connectivity index (χ3v) is 5.44. The molecule has 0 spiro atoms. The van der Waals surface area contributed by atoms with Crippen LogP contribution in [-0.2, 0) is 16.6 Å². The van der Waals surface area contributed by atoms with Gasteiger partial charge in [-0.2, -0.15) is 0 Å². The third-order valence-electron chi connectivity index (χ3n) is 4.51. The molecule has 0 saturated carbocycles. The summed E-state index contributed by atoms with van der Waals surface area (Å²) in [7, 11) is -3.73. The highest BCUT2D eigenvalue weighted by Crippen LogP contribution is 2.32. The molecule has 4 N–H and O–H groups in total. The van der Waals surface area contributed by atoms with E-state index in [4.69, 9.17) is 5.14 Å². The van der Waals surface area contributed by atoms with E-state index in [0.717, 1.165) is 5.56 Å². The standard InChI is InChI=1S/C19H16N6O4S/c20-30(28,29)14-4-1-12(2-5-14)10-22-18-19-23-11-16(25(19)8-7-21-18)13-3-6-17(26)15(9-13)24-27/h1-9,11,26H,10H2,(H,21,22)(H2,20,28,29). The molecular weight excluding hydrogens is 408 g/mol. The van der Waals surface area contributed by atoms with Crippen LogP contribution >= 0.6 is 0 Å². The van der Waals surface area contributed by atoms with Gasteiger partial charge < -0.3 is 10.4 Å². The normalized spacial score (nSPS) is 11.5. The molecule has 0 aliphatic heterocycles. The quantitative estimate of drug-likeness (QED) is 0.402. The highest BCUT2D eigenvalue weighted by Gasteiger charge is 2.13. The molecule has 0 aliphatic carbocycles. The lowest BCUT2D eigenvalue weighted by Gasteiger charge is -2.09. The number of primary sulfonamides is 1. The molecule has 0 radical (unpaired) electrons. The zero-order valence-corrected chi connectivity index (χ0v) is 16.2. The average Bonchev–Trinajstić information content (AvgIpc) is 3.17. The summed E-state index contributed by atoms with van der Waals surface area (Å²) >= 11 is 0. The third kappa shape index (κ3) is 3.71. The molecule has 10 nitrogen and oxygen atoms in total. The molecule has 152 valence electrons. The van der Waals surface area contributed by atoms with Gasteiger partial charge in [-0.1, -0.05) is 12.1 Å². The Kier molecular flexibility index (Phi) is 4.90. The van der Waals surface area contributed by atoms with Gasteiger partial charge in [0.05, 0.1) is 16.8 Å². The number of hydrogen-bond acceptors (Lipinski definition) is 8. The number of imidazole rings is 1. The molecule has 0 saturated heterocycles. The van der Waals surface area contributed by atoms with E-state index in [1.54, 1.807) is 41.2 Å². The molecule has 0 unspecified atom stereocenters. The first-order valence-electron chi connectivity index (χ1n) is 8.71. The first-order chi connectivity index (χ1) is 14.4. The van der Waals surface area contributed by atoms with Gasteiger partial charge in [0.25, 0.3) is 0 Å². The number of nitrogens with one attached hydrogen (secondary N) is 1. The molecular formula is C19H16N6O4S. The SMILES string of the molecule is NS(=O)(=O)c1ccc(CNc2nccn3c(-c4ccc(O)c(N=O)c4)cnc23)cc1. The molecule has 30 heavy (non-hydrogen) atoms. The van der Waals surface area contributed by atoms with E-state index in [0.29, 0.717) is 29.3 Å². The van der Waals surface area contributed by atoms with Crippen molar-refractivity contribution in [2.45, 2.75) is 11.4 Å². The number of anilines is 1. The second-order valence-corrected chi connectivity index (χ2v) is 8.01. The minimum atomic E-state index is -3.73. The van der Waals surface area contributed by atoms with Crippen LogP contribution in [-0.4, -0.2) is 27.9 Å². The molecule has 0 amide bonds. The number of rotatable bonds is 6. The van der Waals surface area contributed by atoms with Gasteiger partial charge in [0.2, 0.25) is 10.0 Å². The Labute approximate surface area is 171 Å². The molecule has 0 fully saturated rings. The molecule has 2 aromatic heterocycles. The number of hydrogen-bond donors (Lipinski definition) is 3. The van der Waals surface area contributed by atoms with Crippen molar-refractivity contribution in [3.8, 4) is 17.0 Å². The maximum absolute atomic E-state index is 11.4. The monoisotopic (exact) mass is 424 g/mol. The highest BCUT2D eigenvalue weighted by molar-refractivity contribution is 7.89. The summed E-state index contributed by atoms with van der Waals surface area (Å²) < 4.78 is 24.5. The smallest absolute Gasteiger partial charge is 0.238 e. The summed E-state index contributed by atoms with van der Waals surface area (Å²) in [6.07, 6.45) is 4.96. The van der Waals surface area contributed by atoms with Crippen LogP contribution in [0.5, 0.6) is 5.75 Å². The minimum Gasteiger partial charge on any atom is -0.506 e. The molecule has 4 aromatic rings. The van der Waals surface area contributed by atoms with Crippen molar-refractivity contribution in [3.05, 3.63) is 71.5 Å². The first-order valence-corrected chi connectivity index (χ1v) is 10.3. The highest BCUT2D eigenvalue weighted by atomic mass is 32.2. The van der Waals surface area contributed by atoms with Crippen molar-refractivity contribution in [2.75, 3.05) is 5.32 Å². The van der Waals surface area contributed by atoms with Gasteiger partial charge in [-0.25, -0.2) is 23.5 Å². The summed E-state index contributed by atoms with van der Waals surface area (Å²) in [6.45, 7) is 0.387. The van der Waals surface area contributed by atoms with Crippen molar-refractivity contribution in [3.63, 3.8) is 0 Å². The van der Waals surface area contributed by atoms with Gasteiger partial charge in [0, 0.05) is 24.5 Å². The van der Waals surface area contributed by atoms with Gasteiger partial charge >= 0.3 is 0 Å². The van der Waals surface area contributed by atoms with E-state index in [1.807, 2.05) is 0 Å². The number of fused-ring (bicyclic) bond motifs is 1. The van der Waals surface area contributed by atoms with Crippen LogP contribution in [0.4, 0.5) is 11.5 Å². The van der Waals surface area contributed by atoms with Crippen LogP contribution in [0.2, 0.25) is 0 Å². The Morgan fingerprint density at radius 2 is 1.90 bits per heavy atom. The van der Waals surface area contributed by atoms with Gasteiger partial charge in [-0.15, -0.1) is 4.91 Å². The number of nitroso groups, excluding NO2 is 1. The Morgan fingerprint density at radius 1 is 1.13 bits per heavy atom. The molecule has 0 bridgehead atoms. The summed E-state index contributed by atoms with van der Waals surface area (Å²) in [5.41, 5.74) is 2.68. The van der Waals surface area contributed by atoms with Crippen molar-refractivity contribution in [2.24, 2.45) is 10.3 Å². The van der Waals surface area contributed by atoms with Gasteiger partial charge in [-0.3, -0.25) is 4.40 Å². The van der Waals surface area contributed by atoms with Crippen molar-refractivity contribution < 1.29 is 13.5 Å². The number of nitrogens with zero attached hydrogens (tertiary/aromatic N) is 4. The zero-order valence-electron chi connectivity index (χ0n) is 15.4. The average molecular weight is 424 g/mol. The number of phenolic OH excluding ortho intramolecular Hbond substituents is 1. The predicted molar refractivity (Wildman–Crippen MR) is 111 cm³/mol. The number of aromatic hydroxyl groups is 1. The van der Waals surface area contributed by atoms with Crippen molar-refractivity contribution in [1.82, 2.24) is 14.4 Å². The Bertz CT molecular complexity index is 1350. The fourth-order valence-electron chi connectivity index (χ4n) is 3.00. The Balaban J connectivity index is 1.61. The fraction of sp³-hybridized carbons (Fsp3) is 0.0526. The van der Waals surface area contributed by atoms with Gasteiger partial charge in [-0.05, 0) is 41.1 Å². The van der Waals surface area contributed by atoms with Crippen LogP contribution in [0, 0.1) is 4.91 Å². The topological polar surface area (TPSA) is 152 Å². The van der Waals surface area contributed by atoms with E-state index < -0.39 is 10.0 Å². The number of sulfonamides is 1. The van der Waals surface area contributed by atoms with Crippen LogP contribution in [0.25, 0.3) is 16.9 Å². The number of benzene rings is 2. The van der Waals surface area contributed by atoms with E-state index >= 15 is 0 Å². The molecule has 0 aliphatic rings. The summed E-state index contributed by atoms with van der Waals surface area (Å²) in [6, 6.07) is 10.7. The molecule has 2 heterocycles. The predicted octanol–water partition coefficient (Wildman–Crippen LogP) is 2.76. The van der Waals surface area contributed by atoms with Gasteiger partial charge in [0.15, 0.2) is 11.5 Å². The van der Waals surface area contributed by atoms with E-state index in [2.05, 4.69) is 20.5 Å². The number of phenols is 1. The first kappa shape index (κ1) is 19.5. The summed E-state index contributed by atoms with van der Waals surface area (Å²) in [5.74, 6) is 0.326. The van der Waals surface area contributed by atoms with E-state index in [9.17, 15) is 18.4 Å². The fourth-order valence-corrected chi connectivity index (χ4v) is 3.51. The lowest BCUT2D eigenvalue weighted by Crippen LogP contribution is -2.12. The van der Waals surface area contributed by atoms with Gasteiger partial charge in [0.1, 0.15) is 11.4 Å². The summed E-state index contributed by atoms with van der Waals surface area (Å²) in [4.78, 5) is 19.6. The van der Waals surface area contributed by atoms with Crippen LogP contribution < -0.4 is 10.5 Å². The minimum absolute atomic E-state index is 0.0439. The van der Waals surface area contributed by atoms with Crippen LogP contribution in [0.15, 0.2) is 71.1 Å². The van der Waals surface area contributed by atoms with Crippen LogP contribution in [0.3, 0.4) is 0 Å². The maximum atomic E-state index is 11.4. The number of aromatic nitrogens is 3. The Hall–Kier alpha value is -3.83. The largest absolute Gasteiger partial charge is 0.506 e. The molecule has 4 rings (SSSR count). The second-order valence-electron chi connectivity index (χ2n) is 6.45. The lowest BCUT2D eigenvalue weighted by atomic mass is 10.1. The van der Waals surface area contributed by atoms with E-state index in [1.165, 1.54) is 24.3 Å². The molecule has 0 atom stereocenters. The second kappa shape index (κ2) is 7.54. The van der Waals surface area contributed by atoms with Crippen molar-refractivity contribution >= 4 is 27.2 Å². The summed E-state index contributed by atoms with van der Waals surface area (Å²) in [5, 5.41) is 20.8. The van der Waals surface area contributed by atoms with E-state index in [-0.39, 0.29) is 16.3 Å². The van der Waals surface area contributed by atoms with Crippen LogP contribution in [0.1, 0.15) is 5.56 Å². The lowest BCUT2D eigenvalue weighted by molar-refractivity contribution is 0.477. The zero-order chi connectivity index (χ0) is 21.3. The molecule has 2 aromatic carbocycles. The molecule has 11 heteroatoms. The number of nitrogens with two attached hydrogens (primary N) is 1.